The lowest BCUT2D eigenvalue weighted by Crippen LogP contribution is -2.49. The van der Waals surface area contributed by atoms with Gasteiger partial charge in [-0.05, 0) is 43.9 Å². The smallest absolute Gasteiger partial charge is 0.254 e. The molecule has 3 aliphatic rings. The van der Waals surface area contributed by atoms with Crippen molar-refractivity contribution in [3.05, 3.63) is 23.8 Å². The van der Waals surface area contributed by atoms with Gasteiger partial charge < -0.3 is 19.7 Å². The van der Waals surface area contributed by atoms with E-state index in [9.17, 15) is 9.59 Å². The van der Waals surface area contributed by atoms with Crippen LogP contribution in [0.25, 0.3) is 10.2 Å². The SMILES string of the molecule is COC1CC(C(=O)Nc2nc3ccc(C(=O)N4[C@@H]5CC[C@H]4COC5)cc3s2)C1. The van der Waals surface area contributed by atoms with Crippen molar-refractivity contribution in [2.75, 3.05) is 25.6 Å². The number of aromatic nitrogens is 1. The average molecular weight is 401 g/mol. The van der Waals surface area contributed by atoms with E-state index >= 15 is 0 Å². The highest BCUT2D eigenvalue weighted by Crippen LogP contribution is 2.34. The highest BCUT2D eigenvalue weighted by molar-refractivity contribution is 7.22. The summed E-state index contributed by atoms with van der Waals surface area (Å²) in [6.07, 6.45) is 3.73. The number of morpholine rings is 1. The van der Waals surface area contributed by atoms with Crippen molar-refractivity contribution in [2.45, 2.75) is 43.9 Å². The zero-order chi connectivity index (χ0) is 19.3. The predicted octanol–water partition coefficient (Wildman–Crippen LogP) is 2.66. The molecule has 1 saturated carbocycles. The number of nitrogens with one attached hydrogen (secondary N) is 1. The molecule has 0 unspecified atom stereocenters. The fourth-order valence-electron chi connectivity index (χ4n) is 4.40. The number of thiazole rings is 1. The summed E-state index contributed by atoms with van der Waals surface area (Å²) >= 11 is 1.41. The zero-order valence-corrected chi connectivity index (χ0v) is 16.5. The lowest BCUT2D eigenvalue weighted by molar-refractivity contribution is -0.127. The second-order valence-electron chi connectivity index (χ2n) is 7.85. The number of ether oxygens (including phenoxy) is 2. The molecule has 0 spiro atoms. The molecule has 1 aromatic carbocycles. The second kappa shape index (κ2) is 7.09. The van der Waals surface area contributed by atoms with Crippen LogP contribution in [0, 0.1) is 5.92 Å². The predicted molar refractivity (Wildman–Crippen MR) is 106 cm³/mol. The van der Waals surface area contributed by atoms with Crippen LogP contribution in [0.15, 0.2) is 18.2 Å². The molecular weight excluding hydrogens is 378 g/mol. The van der Waals surface area contributed by atoms with Gasteiger partial charge in [0.05, 0.1) is 41.6 Å². The maximum atomic E-state index is 13.1. The number of carbonyl (C=O) groups is 2. The van der Waals surface area contributed by atoms with Crippen molar-refractivity contribution in [1.82, 2.24) is 9.88 Å². The quantitative estimate of drug-likeness (QED) is 0.852. The van der Waals surface area contributed by atoms with Crippen LogP contribution in [0.2, 0.25) is 0 Å². The first-order valence-electron chi connectivity index (χ1n) is 9.77. The highest BCUT2D eigenvalue weighted by atomic mass is 32.1. The van der Waals surface area contributed by atoms with Gasteiger partial charge in [0.1, 0.15) is 0 Å². The van der Waals surface area contributed by atoms with Crippen molar-refractivity contribution in [2.24, 2.45) is 5.92 Å². The van der Waals surface area contributed by atoms with E-state index in [4.69, 9.17) is 9.47 Å². The monoisotopic (exact) mass is 401 g/mol. The lowest BCUT2D eigenvalue weighted by Gasteiger charge is -2.34. The molecule has 1 N–H and O–H groups in total. The van der Waals surface area contributed by atoms with E-state index in [0.29, 0.717) is 23.9 Å². The fraction of sp³-hybridized carbons (Fsp3) is 0.550. The Morgan fingerprint density at radius 3 is 2.71 bits per heavy atom. The molecule has 2 amide bonds. The number of nitrogens with zero attached hydrogens (tertiary/aromatic N) is 2. The maximum Gasteiger partial charge on any atom is 0.254 e. The minimum absolute atomic E-state index is 0.00597. The van der Waals surface area contributed by atoms with E-state index in [1.54, 1.807) is 7.11 Å². The van der Waals surface area contributed by atoms with Crippen LogP contribution in [0.1, 0.15) is 36.0 Å². The van der Waals surface area contributed by atoms with Crippen LogP contribution in [-0.2, 0) is 14.3 Å². The second-order valence-corrected chi connectivity index (χ2v) is 8.88. The fourth-order valence-corrected chi connectivity index (χ4v) is 5.31. The minimum Gasteiger partial charge on any atom is -0.381 e. The molecule has 3 heterocycles. The van der Waals surface area contributed by atoms with Gasteiger partial charge in [-0.1, -0.05) is 11.3 Å². The highest BCUT2D eigenvalue weighted by Gasteiger charge is 2.40. The summed E-state index contributed by atoms with van der Waals surface area (Å²) in [7, 11) is 1.67. The number of hydrogen-bond acceptors (Lipinski definition) is 6. The molecule has 2 bridgehead atoms. The van der Waals surface area contributed by atoms with Gasteiger partial charge in [-0.2, -0.15) is 0 Å². The lowest BCUT2D eigenvalue weighted by atomic mass is 9.82. The Bertz CT molecular complexity index is 907. The summed E-state index contributed by atoms with van der Waals surface area (Å²) in [5, 5.41) is 3.50. The first-order valence-corrected chi connectivity index (χ1v) is 10.6. The summed E-state index contributed by atoms with van der Waals surface area (Å²) in [5.74, 6) is 0.0520. The van der Waals surface area contributed by atoms with Crippen molar-refractivity contribution in [3.8, 4) is 0 Å². The Balaban J connectivity index is 1.31. The molecule has 2 aromatic rings. The molecule has 7 nitrogen and oxygen atoms in total. The van der Waals surface area contributed by atoms with Gasteiger partial charge in [-0.25, -0.2) is 4.98 Å². The van der Waals surface area contributed by atoms with Gasteiger partial charge in [0.25, 0.3) is 5.91 Å². The van der Waals surface area contributed by atoms with Gasteiger partial charge in [0, 0.05) is 18.6 Å². The van der Waals surface area contributed by atoms with Crippen LogP contribution in [-0.4, -0.2) is 60.2 Å². The van der Waals surface area contributed by atoms with Crippen LogP contribution in [0.5, 0.6) is 0 Å². The van der Waals surface area contributed by atoms with Crippen molar-refractivity contribution >= 4 is 38.5 Å². The molecule has 1 aromatic heterocycles. The number of anilines is 1. The third kappa shape index (κ3) is 3.09. The van der Waals surface area contributed by atoms with Crippen molar-refractivity contribution in [3.63, 3.8) is 0 Å². The average Bonchev–Trinajstić information content (AvgIpc) is 3.16. The first kappa shape index (κ1) is 18.0. The van der Waals surface area contributed by atoms with E-state index < -0.39 is 0 Å². The Labute approximate surface area is 167 Å². The topological polar surface area (TPSA) is 80.8 Å². The number of rotatable bonds is 4. The van der Waals surface area contributed by atoms with E-state index in [-0.39, 0.29) is 35.9 Å². The third-order valence-corrected chi connectivity index (χ3v) is 7.07. The number of amides is 2. The van der Waals surface area contributed by atoms with Gasteiger partial charge in [-0.3, -0.25) is 9.59 Å². The third-order valence-electron chi connectivity index (χ3n) is 6.14. The van der Waals surface area contributed by atoms with Crippen LogP contribution in [0.3, 0.4) is 0 Å². The minimum atomic E-state index is -0.00843. The molecule has 28 heavy (non-hydrogen) atoms. The van der Waals surface area contributed by atoms with Crippen LogP contribution in [0.4, 0.5) is 5.13 Å². The summed E-state index contributed by atoms with van der Waals surface area (Å²) < 4.78 is 11.7. The number of fused-ring (bicyclic) bond motifs is 3. The van der Waals surface area contributed by atoms with E-state index in [2.05, 4.69) is 10.3 Å². The molecule has 148 valence electrons. The molecule has 1 aliphatic carbocycles. The summed E-state index contributed by atoms with van der Waals surface area (Å²) in [5.41, 5.74) is 1.47. The van der Waals surface area contributed by atoms with E-state index in [1.807, 2.05) is 23.1 Å². The molecule has 3 fully saturated rings. The Morgan fingerprint density at radius 2 is 2.00 bits per heavy atom. The van der Waals surface area contributed by atoms with E-state index in [0.717, 1.165) is 35.9 Å². The Kier molecular flexibility index (Phi) is 4.57. The number of benzene rings is 1. The molecule has 5 rings (SSSR count). The standard InChI is InChI=1S/C20H23N3O4S/c1-26-15-6-12(7-15)18(24)22-20-21-16-5-2-11(8-17(16)28-20)19(25)23-13-3-4-14(23)10-27-9-13/h2,5,8,12-15H,3-4,6-7,9-10H2,1H3,(H,21,22,24)/t12?,13-,14+,15?. The van der Waals surface area contributed by atoms with Gasteiger partial charge in [0.15, 0.2) is 5.13 Å². The Hall–Kier alpha value is -2.03. The number of carbonyl (C=O) groups excluding carboxylic acids is 2. The number of hydrogen-bond donors (Lipinski definition) is 1. The normalized spacial score (nSPS) is 29.0. The number of methoxy groups -OCH3 is 1. The first-order chi connectivity index (χ1) is 13.6. The molecule has 0 radical (unpaired) electrons. The molecule has 2 saturated heterocycles. The van der Waals surface area contributed by atoms with E-state index in [1.165, 1.54) is 11.3 Å². The largest absolute Gasteiger partial charge is 0.381 e. The molecule has 2 atom stereocenters. The Morgan fingerprint density at radius 1 is 1.25 bits per heavy atom. The van der Waals surface area contributed by atoms with Crippen molar-refractivity contribution in [1.29, 1.82) is 0 Å². The van der Waals surface area contributed by atoms with Crippen LogP contribution >= 0.6 is 11.3 Å². The molecule has 8 heteroatoms. The zero-order valence-electron chi connectivity index (χ0n) is 15.7. The van der Waals surface area contributed by atoms with Gasteiger partial charge in [-0.15, -0.1) is 0 Å². The summed E-state index contributed by atoms with van der Waals surface area (Å²) in [4.78, 5) is 31.9. The molecule has 2 aliphatic heterocycles. The van der Waals surface area contributed by atoms with Gasteiger partial charge in [0.2, 0.25) is 5.91 Å². The summed E-state index contributed by atoms with van der Waals surface area (Å²) in [6.45, 7) is 1.26. The maximum absolute atomic E-state index is 13.1. The van der Waals surface area contributed by atoms with Crippen molar-refractivity contribution < 1.29 is 19.1 Å². The molecular formula is C20H23N3O4S. The van der Waals surface area contributed by atoms with Gasteiger partial charge >= 0.3 is 0 Å². The van der Waals surface area contributed by atoms with Crippen LogP contribution < -0.4 is 5.32 Å². The summed E-state index contributed by atoms with van der Waals surface area (Å²) in [6, 6.07) is 5.97.